The van der Waals surface area contributed by atoms with Crippen LogP contribution in [0.25, 0.3) is 17.1 Å². The summed E-state index contributed by atoms with van der Waals surface area (Å²) in [5.41, 5.74) is 2.85. The van der Waals surface area contributed by atoms with Gasteiger partial charge in [-0.3, -0.25) is 9.55 Å². The van der Waals surface area contributed by atoms with Crippen molar-refractivity contribution in [1.29, 1.82) is 0 Å². The smallest absolute Gasteiger partial charge is 0.196 e. The van der Waals surface area contributed by atoms with E-state index in [0.717, 1.165) is 27.9 Å². The van der Waals surface area contributed by atoms with Crippen LogP contribution in [0.2, 0.25) is 5.02 Å². The topological polar surface area (TPSA) is 43.6 Å². The fraction of sp³-hybridized carbons (Fsp3) is 0.0500. The van der Waals surface area contributed by atoms with Crippen LogP contribution in [-0.4, -0.2) is 19.7 Å². The Balaban J connectivity index is 1.76. The van der Waals surface area contributed by atoms with Crippen molar-refractivity contribution in [2.45, 2.75) is 10.9 Å². The van der Waals surface area contributed by atoms with Crippen molar-refractivity contribution in [3.63, 3.8) is 0 Å². The van der Waals surface area contributed by atoms with E-state index in [1.165, 1.54) is 0 Å². The van der Waals surface area contributed by atoms with Crippen molar-refractivity contribution >= 4 is 23.4 Å². The lowest BCUT2D eigenvalue weighted by Crippen LogP contribution is -2.00. The van der Waals surface area contributed by atoms with Gasteiger partial charge in [0.1, 0.15) is 0 Å². The molecule has 0 unspecified atom stereocenters. The Hall–Kier alpha value is -2.63. The molecule has 0 fully saturated rings. The molecule has 128 valence electrons. The van der Waals surface area contributed by atoms with Crippen LogP contribution >= 0.6 is 23.4 Å². The highest BCUT2D eigenvalue weighted by Gasteiger charge is 2.18. The maximum atomic E-state index is 6.40. The quantitative estimate of drug-likeness (QED) is 0.443. The first kappa shape index (κ1) is 16.8. The molecule has 4 rings (SSSR count). The molecule has 4 aromatic rings. The molecular weight excluding hydrogens is 364 g/mol. The summed E-state index contributed by atoms with van der Waals surface area (Å²) in [6.45, 7) is 0. The van der Waals surface area contributed by atoms with E-state index < -0.39 is 0 Å². The fourth-order valence-corrected chi connectivity index (χ4v) is 3.70. The van der Waals surface area contributed by atoms with E-state index >= 15 is 0 Å². The molecule has 6 heteroatoms. The van der Waals surface area contributed by atoms with Gasteiger partial charge in [0.2, 0.25) is 0 Å². The van der Waals surface area contributed by atoms with Crippen LogP contribution in [0.5, 0.6) is 0 Å². The van der Waals surface area contributed by atoms with Gasteiger partial charge < -0.3 is 0 Å². The monoisotopic (exact) mass is 378 g/mol. The van der Waals surface area contributed by atoms with Crippen molar-refractivity contribution in [2.75, 3.05) is 0 Å². The van der Waals surface area contributed by atoms with Gasteiger partial charge in [0.05, 0.1) is 10.7 Å². The van der Waals surface area contributed by atoms with Crippen molar-refractivity contribution in [2.24, 2.45) is 0 Å². The third kappa shape index (κ3) is 3.49. The Kier molecular flexibility index (Phi) is 5.00. The molecule has 0 bridgehead atoms. The molecule has 0 saturated carbocycles. The van der Waals surface area contributed by atoms with E-state index in [4.69, 9.17) is 11.6 Å². The van der Waals surface area contributed by atoms with Gasteiger partial charge in [-0.25, -0.2) is 0 Å². The molecule has 0 saturated heterocycles. The molecule has 0 aliphatic rings. The largest absolute Gasteiger partial charge is 0.270 e. The van der Waals surface area contributed by atoms with E-state index in [0.29, 0.717) is 10.8 Å². The summed E-state index contributed by atoms with van der Waals surface area (Å²) in [6, 6.07) is 23.6. The molecule has 0 amide bonds. The lowest BCUT2D eigenvalue weighted by molar-refractivity contribution is 0.885. The minimum Gasteiger partial charge on any atom is -0.270 e. The standard InChI is InChI=1S/C20H15ClN4S/c21-18-12-5-4-11-17(18)19-23-24-20(25(19)16-9-2-1-3-10-16)26-14-15-8-6-7-13-22-15/h1-13H,14H2. The zero-order chi connectivity index (χ0) is 17.8. The van der Waals surface area contributed by atoms with Crippen LogP contribution in [0.3, 0.4) is 0 Å². The van der Waals surface area contributed by atoms with Crippen molar-refractivity contribution < 1.29 is 0 Å². The average Bonchev–Trinajstić information content (AvgIpc) is 3.12. The normalized spacial score (nSPS) is 10.8. The first-order valence-corrected chi connectivity index (χ1v) is 9.48. The summed E-state index contributed by atoms with van der Waals surface area (Å²) in [4.78, 5) is 4.38. The van der Waals surface area contributed by atoms with E-state index in [9.17, 15) is 0 Å². The first-order chi connectivity index (χ1) is 12.8. The summed E-state index contributed by atoms with van der Waals surface area (Å²) in [5.74, 6) is 1.44. The Morgan fingerprint density at radius 3 is 2.38 bits per heavy atom. The minimum absolute atomic E-state index is 0.651. The third-order valence-electron chi connectivity index (χ3n) is 3.84. The number of nitrogens with zero attached hydrogens (tertiary/aromatic N) is 4. The van der Waals surface area contributed by atoms with Gasteiger partial charge in [-0.1, -0.05) is 59.8 Å². The van der Waals surface area contributed by atoms with Gasteiger partial charge >= 0.3 is 0 Å². The number of pyridine rings is 1. The Labute approximate surface area is 160 Å². The SMILES string of the molecule is Clc1ccccc1-c1nnc(SCc2ccccn2)n1-c1ccccc1. The van der Waals surface area contributed by atoms with E-state index in [2.05, 4.69) is 15.2 Å². The zero-order valence-electron chi connectivity index (χ0n) is 13.8. The van der Waals surface area contributed by atoms with Crippen LogP contribution in [0, 0.1) is 0 Å². The van der Waals surface area contributed by atoms with Gasteiger partial charge in [0.15, 0.2) is 11.0 Å². The summed E-state index contributed by atoms with van der Waals surface area (Å²) >= 11 is 8.00. The van der Waals surface area contributed by atoms with Crippen LogP contribution in [0.4, 0.5) is 0 Å². The highest BCUT2D eigenvalue weighted by molar-refractivity contribution is 7.98. The number of thioether (sulfide) groups is 1. The number of benzene rings is 2. The van der Waals surface area contributed by atoms with Crippen LogP contribution < -0.4 is 0 Å². The molecule has 0 radical (unpaired) electrons. The summed E-state index contributed by atoms with van der Waals surface area (Å²) < 4.78 is 2.04. The fourth-order valence-electron chi connectivity index (χ4n) is 2.61. The Morgan fingerprint density at radius 2 is 1.62 bits per heavy atom. The van der Waals surface area contributed by atoms with Gasteiger partial charge in [0.25, 0.3) is 0 Å². The predicted molar refractivity (Wildman–Crippen MR) is 106 cm³/mol. The first-order valence-electron chi connectivity index (χ1n) is 8.11. The highest BCUT2D eigenvalue weighted by Crippen LogP contribution is 2.32. The van der Waals surface area contributed by atoms with Crippen LogP contribution in [0.1, 0.15) is 5.69 Å². The van der Waals surface area contributed by atoms with E-state index in [1.54, 1.807) is 18.0 Å². The van der Waals surface area contributed by atoms with Gasteiger partial charge in [-0.15, -0.1) is 10.2 Å². The molecule has 0 spiro atoms. The average molecular weight is 379 g/mol. The molecule has 0 atom stereocenters. The second kappa shape index (κ2) is 7.72. The van der Waals surface area contributed by atoms with Crippen molar-refractivity contribution in [1.82, 2.24) is 19.7 Å². The summed E-state index contributed by atoms with van der Waals surface area (Å²) in [7, 11) is 0. The number of aromatic nitrogens is 4. The van der Waals surface area contributed by atoms with Crippen LogP contribution in [0.15, 0.2) is 84.1 Å². The van der Waals surface area contributed by atoms with Gasteiger partial charge in [-0.05, 0) is 36.4 Å². The van der Waals surface area contributed by atoms with Crippen LogP contribution in [-0.2, 0) is 5.75 Å². The van der Waals surface area contributed by atoms with E-state index in [-0.39, 0.29) is 0 Å². The summed E-state index contributed by atoms with van der Waals surface area (Å²) in [5, 5.41) is 10.3. The molecule has 26 heavy (non-hydrogen) atoms. The molecule has 4 nitrogen and oxygen atoms in total. The Morgan fingerprint density at radius 1 is 0.846 bits per heavy atom. The predicted octanol–water partition coefficient (Wildman–Crippen LogP) is 5.28. The zero-order valence-corrected chi connectivity index (χ0v) is 15.4. The van der Waals surface area contributed by atoms with E-state index in [1.807, 2.05) is 77.4 Å². The van der Waals surface area contributed by atoms with Gasteiger partial charge in [0, 0.05) is 23.2 Å². The Bertz CT molecular complexity index is 1000. The van der Waals surface area contributed by atoms with Crippen molar-refractivity contribution in [3.05, 3.63) is 89.7 Å². The molecule has 2 aromatic carbocycles. The number of hydrogen-bond donors (Lipinski definition) is 0. The number of halogens is 1. The highest BCUT2D eigenvalue weighted by atomic mass is 35.5. The summed E-state index contributed by atoms with van der Waals surface area (Å²) in [6.07, 6.45) is 1.80. The van der Waals surface area contributed by atoms with Crippen molar-refractivity contribution in [3.8, 4) is 17.1 Å². The molecule has 0 aliphatic carbocycles. The molecule has 2 aromatic heterocycles. The molecule has 0 N–H and O–H groups in total. The second-order valence-electron chi connectivity index (χ2n) is 5.57. The number of rotatable bonds is 5. The number of hydrogen-bond acceptors (Lipinski definition) is 4. The number of para-hydroxylation sites is 1. The lowest BCUT2D eigenvalue weighted by atomic mass is 10.2. The second-order valence-corrected chi connectivity index (χ2v) is 6.92. The maximum Gasteiger partial charge on any atom is 0.196 e. The molecular formula is C20H15ClN4S. The minimum atomic E-state index is 0.651. The molecule has 2 heterocycles. The lowest BCUT2D eigenvalue weighted by Gasteiger charge is -2.11. The maximum absolute atomic E-state index is 6.40. The van der Waals surface area contributed by atoms with Gasteiger partial charge in [-0.2, -0.15) is 0 Å². The molecule has 0 aliphatic heterocycles. The third-order valence-corrected chi connectivity index (χ3v) is 5.13.